The minimum absolute atomic E-state index is 0.197. The smallest absolute Gasteiger partial charge is 0.0617 e. The quantitative estimate of drug-likeness (QED) is 0.492. The summed E-state index contributed by atoms with van der Waals surface area (Å²) in [5.74, 6) is 0. The maximum absolute atomic E-state index is 4.77. The average Bonchev–Trinajstić information content (AvgIpc) is 2.51. The number of thiol groups is 1. The molecule has 0 bridgehead atoms. The van der Waals surface area contributed by atoms with Crippen LogP contribution in [-0.4, -0.2) is 0 Å². The molecule has 1 heteroatoms. The maximum Gasteiger partial charge on any atom is 0.0617 e. The first kappa shape index (κ1) is 8.88. The Balaban J connectivity index is 2.37. The Hall–Kier alpha value is -1.39. The summed E-state index contributed by atoms with van der Waals surface area (Å²) < 4.78 is -0.197. The van der Waals surface area contributed by atoms with Crippen LogP contribution in [0, 0.1) is 0 Å². The molecule has 0 nitrogen and oxygen atoms in total. The molecular formula is C14H10S. The fraction of sp³-hybridized carbons (Fsp3) is 0.143. The SMILES string of the molecule is CC1(S)C2=C(C=C=C=C2)c2ccccc21. The molecule has 3 rings (SSSR count). The van der Waals surface area contributed by atoms with Crippen LogP contribution in [0.1, 0.15) is 18.1 Å². The van der Waals surface area contributed by atoms with Gasteiger partial charge in [0.25, 0.3) is 0 Å². The second-order valence-electron chi connectivity index (χ2n) is 4.02. The van der Waals surface area contributed by atoms with Crippen LogP contribution in [0.2, 0.25) is 0 Å². The van der Waals surface area contributed by atoms with Crippen LogP contribution < -0.4 is 0 Å². The van der Waals surface area contributed by atoms with Gasteiger partial charge in [0.2, 0.25) is 0 Å². The van der Waals surface area contributed by atoms with Gasteiger partial charge in [-0.3, -0.25) is 0 Å². The Morgan fingerprint density at radius 2 is 1.87 bits per heavy atom. The van der Waals surface area contributed by atoms with Crippen LogP contribution in [0.25, 0.3) is 5.57 Å². The molecule has 0 fully saturated rings. The third-order valence-electron chi connectivity index (χ3n) is 3.07. The third kappa shape index (κ3) is 1.06. The molecule has 1 aromatic carbocycles. The summed E-state index contributed by atoms with van der Waals surface area (Å²) in [5, 5.41) is 0. The monoisotopic (exact) mass is 210 g/mol. The molecule has 0 heterocycles. The lowest BCUT2D eigenvalue weighted by Crippen LogP contribution is -2.12. The van der Waals surface area contributed by atoms with Crippen LogP contribution in [0.15, 0.2) is 53.5 Å². The van der Waals surface area contributed by atoms with E-state index in [2.05, 4.69) is 42.7 Å². The summed E-state index contributed by atoms with van der Waals surface area (Å²) in [6, 6.07) is 8.41. The Morgan fingerprint density at radius 3 is 2.73 bits per heavy atom. The van der Waals surface area contributed by atoms with E-state index in [1.54, 1.807) is 0 Å². The zero-order chi connectivity index (χ0) is 10.5. The molecule has 1 atom stereocenters. The van der Waals surface area contributed by atoms with Gasteiger partial charge in [0.15, 0.2) is 0 Å². The van der Waals surface area contributed by atoms with Crippen LogP contribution in [0.4, 0.5) is 0 Å². The van der Waals surface area contributed by atoms with Gasteiger partial charge in [0.1, 0.15) is 0 Å². The van der Waals surface area contributed by atoms with E-state index in [4.69, 9.17) is 12.6 Å². The van der Waals surface area contributed by atoms with Crippen LogP contribution in [0.3, 0.4) is 0 Å². The van der Waals surface area contributed by atoms with Crippen LogP contribution >= 0.6 is 12.6 Å². The van der Waals surface area contributed by atoms with Crippen molar-refractivity contribution >= 4 is 18.2 Å². The van der Waals surface area contributed by atoms with Crippen molar-refractivity contribution in [3.8, 4) is 0 Å². The summed E-state index contributed by atoms with van der Waals surface area (Å²) in [5.41, 5.74) is 11.0. The Labute approximate surface area is 94.7 Å². The molecule has 0 spiro atoms. The summed E-state index contributed by atoms with van der Waals surface area (Å²) in [6.07, 6.45) is 3.98. The summed E-state index contributed by atoms with van der Waals surface area (Å²) in [4.78, 5) is 0. The minimum atomic E-state index is -0.197. The zero-order valence-electron chi connectivity index (χ0n) is 8.41. The first-order chi connectivity index (χ1) is 7.21. The van der Waals surface area contributed by atoms with Gasteiger partial charge in [-0.2, -0.15) is 12.6 Å². The van der Waals surface area contributed by atoms with Gasteiger partial charge in [0.05, 0.1) is 4.75 Å². The molecule has 0 N–H and O–H groups in total. The fourth-order valence-corrected chi connectivity index (χ4v) is 2.68. The molecule has 0 saturated heterocycles. The molecule has 0 radical (unpaired) electrons. The van der Waals surface area contributed by atoms with Gasteiger partial charge >= 0.3 is 0 Å². The van der Waals surface area contributed by atoms with Crippen LogP contribution in [-0.2, 0) is 4.75 Å². The largest absolute Gasteiger partial charge is 0.163 e. The molecule has 0 aliphatic heterocycles. The number of fused-ring (bicyclic) bond motifs is 2. The van der Waals surface area contributed by atoms with E-state index in [0.29, 0.717) is 0 Å². The minimum Gasteiger partial charge on any atom is -0.163 e. The predicted molar refractivity (Wildman–Crippen MR) is 65.9 cm³/mol. The number of allylic oxidation sites excluding steroid dienone is 3. The van der Waals surface area contributed by atoms with Crippen molar-refractivity contribution in [2.45, 2.75) is 11.7 Å². The summed E-state index contributed by atoms with van der Waals surface area (Å²) >= 11 is 4.77. The topological polar surface area (TPSA) is 0 Å². The summed E-state index contributed by atoms with van der Waals surface area (Å²) in [6.45, 7) is 2.13. The molecule has 2 aliphatic carbocycles. The van der Waals surface area contributed by atoms with Crippen molar-refractivity contribution in [3.05, 3.63) is 64.6 Å². The number of benzene rings is 1. The highest BCUT2D eigenvalue weighted by atomic mass is 32.1. The average molecular weight is 210 g/mol. The molecule has 0 saturated carbocycles. The lowest BCUT2D eigenvalue weighted by molar-refractivity contribution is 0.869. The van der Waals surface area contributed by atoms with E-state index < -0.39 is 0 Å². The van der Waals surface area contributed by atoms with Crippen molar-refractivity contribution in [1.29, 1.82) is 0 Å². The first-order valence-electron chi connectivity index (χ1n) is 4.96. The number of hydrogen-bond donors (Lipinski definition) is 1. The molecule has 2 aliphatic rings. The van der Waals surface area contributed by atoms with Gasteiger partial charge in [-0.1, -0.05) is 35.7 Å². The van der Waals surface area contributed by atoms with E-state index in [0.717, 1.165) is 0 Å². The molecule has 1 aromatic rings. The standard InChI is InChI=1S/C14H10S/c1-14(15)12-8-4-2-6-10(12)11-7-3-5-9-13(11)14/h2,4,6-9,15H,1H3. The van der Waals surface area contributed by atoms with Crippen molar-refractivity contribution in [1.82, 2.24) is 0 Å². The summed E-state index contributed by atoms with van der Waals surface area (Å²) in [7, 11) is 0. The number of rotatable bonds is 0. The highest BCUT2D eigenvalue weighted by Crippen LogP contribution is 2.49. The molecule has 0 aromatic heterocycles. The predicted octanol–water partition coefficient (Wildman–Crippen LogP) is 3.48. The van der Waals surface area contributed by atoms with Crippen LogP contribution in [0.5, 0.6) is 0 Å². The molecule has 72 valence electrons. The third-order valence-corrected chi connectivity index (χ3v) is 3.55. The highest BCUT2D eigenvalue weighted by Gasteiger charge is 2.36. The maximum atomic E-state index is 4.77. The van der Waals surface area contributed by atoms with Crippen molar-refractivity contribution in [3.63, 3.8) is 0 Å². The van der Waals surface area contributed by atoms with Gasteiger partial charge in [-0.05, 0) is 41.3 Å². The Morgan fingerprint density at radius 1 is 1.13 bits per heavy atom. The zero-order valence-corrected chi connectivity index (χ0v) is 9.31. The highest BCUT2D eigenvalue weighted by molar-refractivity contribution is 7.81. The van der Waals surface area contributed by atoms with E-state index in [1.807, 2.05) is 12.2 Å². The van der Waals surface area contributed by atoms with Crippen molar-refractivity contribution in [2.75, 3.05) is 0 Å². The fourth-order valence-electron chi connectivity index (χ4n) is 2.30. The first-order valence-corrected chi connectivity index (χ1v) is 5.40. The van der Waals surface area contributed by atoms with Gasteiger partial charge < -0.3 is 0 Å². The molecule has 15 heavy (non-hydrogen) atoms. The Bertz CT molecular complexity index is 575. The van der Waals surface area contributed by atoms with Gasteiger partial charge in [-0.25, -0.2) is 0 Å². The van der Waals surface area contributed by atoms with E-state index >= 15 is 0 Å². The van der Waals surface area contributed by atoms with Crippen molar-refractivity contribution in [2.24, 2.45) is 0 Å². The van der Waals surface area contributed by atoms with Crippen molar-refractivity contribution < 1.29 is 0 Å². The Kier molecular flexibility index (Phi) is 1.66. The molecule has 0 amide bonds. The van der Waals surface area contributed by atoms with E-state index in [1.165, 1.54) is 22.3 Å². The van der Waals surface area contributed by atoms with Gasteiger partial charge in [0, 0.05) is 0 Å². The van der Waals surface area contributed by atoms with E-state index in [-0.39, 0.29) is 4.75 Å². The number of hydrogen-bond acceptors (Lipinski definition) is 1. The lowest BCUT2D eigenvalue weighted by Gasteiger charge is -2.21. The lowest BCUT2D eigenvalue weighted by atomic mass is 9.96. The second-order valence-corrected chi connectivity index (χ2v) is 4.92. The molecule has 1 unspecified atom stereocenters. The molecular weight excluding hydrogens is 200 g/mol. The van der Waals surface area contributed by atoms with Gasteiger partial charge in [-0.15, -0.1) is 0 Å². The van der Waals surface area contributed by atoms with E-state index in [9.17, 15) is 0 Å². The second kappa shape index (κ2) is 2.81. The normalized spacial score (nSPS) is 25.7.